The van der Waals surface area contributed by atoms with E-state index in [0.717, 1.165) is 19.4 Å². The van der Waals surface area contributed by atoms with E-state index in [1.165, 1.54) is 52.9 Å². The van der Waals surface area contributed by atoms with Crippen LogP contribution in [0.5, 0.6) is 0 Å². The predicted molar refractivity (Wildman–Crippen MR) is 95.0 cm³/mol. The molecule has 1 aromatic heterocycles. The van der Waals surface area contributed by atoms with Gasteiger partial charge in [0, 0.05) is 0 Å². The number of hydrogen-bond acceptors (Lipinski definition) is 1. The van der Waals surface area contributed by atoms with E-state index < -0.39 is 5.97 Å². The molecule has 126 valence electrons. The molecular weight excluding hydrogens is 353 g/mol. The number of aryl methyl sites for hydroxylation is 2. The van der Waals surface area contributed by atoms with Crippen LogP contribution in [0.4, 0.5) is 0 Å². The number of carbonyl (C=O) groups is 1. The third-order valence-corrected chi connectivity index (χ3v) is 6.58. The van der Waals surface area contributed by atoms with Gasteiger partial charge in [0.1, 0.15) is 0 Å². The molecule has 2 aromatic rings. The van der Waals surface area contributed by atoms with Gasteiger partial charge >= 0.3 is 135 Å². The van der Waals surface area contributed by atoms with Crippen LogP contribution in [0.15, 0.2) is 24.3 Å². The summed E-state index contributed by atoms with van der Waals surface area (Å²) in [6, 6.07) is 8.81. The van der Waals surface area contributed by atoms with E-state index in [1.54, 1.807) is 0 Å². The average Bonchev–Trinajstić information content (AvgIpc) is 2.84. The topological polar surface area (TPSA) is 41.2 Å². The Hall–Kier alpha value is -1.12. The van der Waals surface area contributed by atoms with Crippen LogP contribution in [0.25, 0.3) is 9.78 Å². The first kappa shape index (κ1) is 18.2. The van der Waals surface area contributed by atoms with Gasteiger partial charge in [0.25, 0.3) is 0 Å². The van der Waals surface area contributed by atoms with Crippen molar-refractivity contribution >= 4 is 30.2 Å². The summed E-state index contributed by atoms with van der Waals surface area (Å²) in [5.41, 5.74) is 1.43. The van der Waals surface area contributed by atoms with Crippen LogP contribution in [-0.4, -0.2) is 25.6 Å². The Morgan fingerprint density at radius 3 is 2.30 bits per heavy atom. The number of aliphatic carboxylic acids is 1. The number of nitrogens with zero attached hydrogens (tertiary/aromatic N) is 1. The molecule has 0 aliphatic rings. The van der Waals surface area contributed by atoms with Gasteiger partial charge < -0.3 is 5.11 Å². The van der Waals surface area contributed by atoms with Crippen molar-refractivity contribution in [1.82, 2.24) is 0 Å². The minimum atomic E-state index is -0.665. The van der Waals surface area contributed by atoms with Crippen molar-refractivity contribution in [2.24, 2.45) is 0 Å². The molecule has 0 spiro atoms. The molecule has 0 saturated heterocycles. The molecule has 0 unspecified atom stereocenters. The number of benzene rings is 1. The zero-order chi connectivity index (χ0) is 16.5. The summed E-state index contributed by atoms with van der Waals surface area (Å²) in [7, 11) is 0. The molecule has 0 amide bonds. The Kier molecular flexibility index (Phi) is 7.84. The molecule has 0 radical (unpaired) electrons. The summed E-state index contributed by atoms with van der Waals surface area (Å²) in [5, 5.41) is 8.58. The molecule has 0 bridgehead atoms. The fourth-order valence-electron chi connectivity index (χ4n) is 3.04. The van der Waals surface area contributed by atoms with Crippen molar-refractivity contribution in [3.63, 3.8) is 0 Å². The Morgan fingerprint density at radius 1 is 1.00 bits per heavy atom. The third kappa shape index (κ3) is 6.12. The van der Waals surface area contributed by atoms with Gasteiger partial charge in [0.05, 0.1) is 0 Å². The van der Waals surface area contributed by atoms with E-state index in [9.17, 15) is 4.79 Å². The van der Waals surface area contributed by atoms with Gasteiger partial charge in [-0.3, -0.25) is 4.79 Å². The number of hydrogen-bond donors (Lipinski definition) is 1. The molecule has 0 fully saturated rings. The minimum Gasteiger partial charge on any atom is -0.481 e. The Balaban J connectivity index is 1.57. The standard InChI is InChI=1S/C19H27NO2Se/c1-16-20(17-12-9-10-13-18(17)23-16)15-11-7-5-3-2-4-6-8-14-19(21)22/h9-10,12-13H,2-8,11,14-15H2,1H3/p+1. The fourth-order valence-corrected chi connectivity index (χ4v) is 5.23. The molecule has 0 saturated carbocycles. The quantitative estimate of drug-likeness (QED) is 0.362. The molecule has 0 aliphatic carbocycles. The summed E-state index contributed by atoms with van der Waals surface area (Å²) in [4.78, 5) is 10.4. The second-order valence-corrected chi connectivity index (χ2v) is 8.80. The van der Waals surface area contributed by atoms with Crippen molar-refractivity contribution in [3.8, 4) is 0 Å². The van der Waals surface area contributed by atoms with E-state index in [4.69, 9.17) is 5.11 Å². The van der Waals surface area contributed by atoms with Gasteiger partial charge in [0.2, 0.25) is 0 Å². The molecule has 4 heteroatoms. The van der Waals surface area contributed by atoms with Gasteiger partial charge in [-0.05, 0) is 0 Å². The number of fused-ring (bicyclic) bond motifs is 1. The average molecular weight is 381 g/mol. The SMILES string of the molecule is Cc1[se]c2ccccc2[n+]1CCCCCCCCCCC(=O)O. The second-order valence-electron chi connectivity index (χ2n) is 6.21. The predicted octanol–water partition coefficient (Wildman–Crippen LogP) is 4.09. The summed E-state index contributed by atoms with van der Waals surface area (Å²) >= 11 is 0.520. The molecule has 1 N–H and O–H groups in total. The molecule has 0 aliphatic heterocycles. The van der Waals surface area contributed by atoms with Crippen molar-refractivity contribution in [2.75, 3.05) is 0 Å². The molecule has 3 nitrogen and oxygen atoms in total. The molecule has 1 heterocycles. The van der Waals surface area contributed by atoms with Crippen molar-refractivity contribution in [2.45, 2.75) is 71.3 Å². The smallest absolute Gasteiger partial charge is 0.481 e. The van der Waals surface area contributed by atoms with Crippen LogP contribution in [0.3, 0.4) is 0 Å². The molecule has 0 atom stereocenters. The molecule has 1 aromatic carbocycles. The van der Waals surface area contributed by atoms with Gasteiger partial charge in [-0.15, -0.1) is 0 Å². The zero-order valence-electron chi connectivity index (χ0n) is 14.1. The third-order valence-electron chi connectivity index (χ3n) is 4.32. The van der Waals surface area contributed by atoms with Crippen molar-refractivity contribution in [1.29, 1.82) is 0 Å². The van der Waals surface area contributed by atoms with Crippen LogP contribution >= 0.6 is 0 Å². The van der Waals surface area contributed by atoms with Gasteiger partial charge in [0.15, 0.2) is 0 Å². The summed E-state index contributed by atoms with van der Waals surface area (Å²) in [6.07, 6.45) is 9.81. The summed E-state index contributed by atoms with van der Waals surface area (Å²) in [5.74, 6) is -0.665. The number of rotatable bonds is 11. The van der Waals surface area contributed by atoms with Gasteiger partial charge in [-0.2, -0.15) is 0 Å². The van der Waals surface area contributed by atoms with E-state index >= 15 is 0 Å². The number of carboxylic acids is 1. The monoisotopic (exact) mass is 382 g/mol. The van der Waals surface area contributed by atoms with Crippen LogP contribution in [0.1, 0.15) is 62.4 Å². The van der Waals surface area contributed by atoms with Crippen LogP contribution in [0.2, 0.25) is 0 Å². The first-order valence-corrected chi connectivity index (χ1v) is 10.5. The number of carboxylic acid groups (broad SMARTS) is 1. The minimum absolute atomic E-state index is 0.328. The van der Waals surface area contributed by atoms with Crippen molar-refractivity contribution < 1.29 is 14.5 Å². The van der Waals surface area contributed by atoms with Crippen LogP contribution in [0, 0.1) is 6.92 Å². The maximum absolute atomic E-state index is 10.4. The van der Waals surface area contributed by atoms with E-state index in [2.05, 4.69) is 35.8 Å². The van der Waals surface area contributed by atoms with Crippen molar-refractivity contribution in [3.05, 3.63) is 28.8 Å². The number of para-hydroxylation sites is 1. The second kappa shape index (κ2) is 9.89. The van der Waals surface area contributed by atoms with Gasteiger partial charge in [-0.25, -0.2) is 0 Å². The fraction of sp³-hybridized carbons (Fsp3) is 0.579. The van der Waals surface area contributed by atoms with E-state index in [1.807, 2.05) is 0 Å². The van der Waals surface area contributed by atoms with E-state index in [0.29, 0.717) is 20.9 Å². The molecular formula is C19H28NO2Se+. The normalized spacial score (nSPS) is 11.2. The van der Waals surface area contributed by atoms with E-state index in [-0.39, 0.29) is 0 Å². The summed E-state index contributed by atoms with van der Waals surface area (Å²) < 4.78 is 5.58. The van der Waals surface area contributed by atoms with Crippen LogP contribution in [-0.2, 0) is 11.3 Å². The number of unbranched alkanes of at least 4 members (excludes halogenated alkanes) is 7. The maximum atomic E-state index is 10.4. The first-order chi connectivity index (χ1) is 11.2. The Labute approximate surface area is 145 Å². The summed E-state index contributed by atoms with van der Waals surface area (Å²) in [6.45, 7) is 3.43. The Bertz CT molecular complexity index is 621. The first-order valence-electron chi connectivity index (χ1n) is 8.78. The zero-order valence-corrected chi connectivity index (χ0v) is 15.8. The number of aromatic nitrogens is 1. The molecule has 2 rings (SSSR count). The van der Waals surface area contributed by atoms with Gasteiger partial charge in [-0.1, -0.05) is 0 Å². The molecule has 23 heavy (non-hydrogen) atoms. The Morgan fingerprint density at radius 2 is 1.61 bits per heavy atom. The van der Waals surface area contributed by atoms with Crippen LogP contribution < -0.4 is 4.57 Å².